The van der Waals surface area contributed by atoms with Crippen molar-refractivity contribution in [3.63, 3.8) is 0 Å². The predicted molar refractivity (Wildman–Crippen MR) is 365 cm³/mol. The number of H-pyrrole nitrogens is 1. The van der Waals surface area contributed by atoms with Crippen LogP contribution < -0.4 is 32.7 Å². The number of carbonyl (C=O) groups is 8. The molecule has 2 fully saturated rings. The number of para-hydroxylation sites is 1. The van der Waals surface area contributed by atoms with Crippen molar-refractivity contribution in [2.75, 3.05) is 64.7 Å². The summed E-state index contributed by atoms with van der Waals surface area (Å²) < 4.78 is 0. The third-order valence-corrected chi connectivity index (χ3v) is 18.7. The van der Waals surface area contributed by atoms with Crippen molar-refractivity contribution in [3.8, 4) is 0 Å². The van der Waals surface area contributed by atoms with Crippen molar-refractivity contribution in [1.29, 1.82) is 0 Å². The van der Waals surface area contributed by atoms with E-state index in [2.05, 4.69) is 26.3 Å². The Bertz CT molecular complexity index is 3440. The third-order valence-electron chi connectivity index (χ3n) is 17.6. The summed E-state index contributed by atoms with van der Waals surface area (Å²) in [4.78, 5) is 124. The van der Waals surface area contributed by atoms with Gasteiger partial charge in [0, 0.05) is 85.7 Å². The molecule has 0 radical (unpaired) electrons. The highest BCUT2D eigenvalue weighted by Crippen LogP contribution is 2.34. The van der Waals surface area contributed by atoms with Crippen LogP contribution in [-0.4, -0.2) is 172 Å². The lowest BCUT2D eigenvalue weighted by Gasteiger charge is -2.34. The summed E-state index contributed by atoms with van der Waals surface area (Å²) in [7, 11) is 0. The minimum absolute atomic E-state index is 0.0233. The fourth-order valence-electron chi connectivity index (χ4n) is 12.3. The molecule has 0 spiro atoms. The molecular formula is C73H93N11O9S. The van der Waals surface area contributed by atoms with E-state index in [1.54, 1.807) is 17.0 Å². The van der Waals surface area contributed by atoms with E-state index in [9.17, 15) is 43.5 Å². The zero-order chi connectivity index (χ0) is 66.2. The van der Waals surface area contributed by atoms with Crippen LogP contribution in [0.4, 0.5) is 0 Å². The Kier molecular flexibility index (Phi) is 26.6. The monoisotopic (exact) mass is 1300 g/mol. The van der Waals surface area contributed by atoms with E-state index in [-0.39, 0.29) is 120 Å². The van der Waals surface area contributed by atoms with Gasteiger partial charge in [-0.15, -0.1) is 0 Å². The molecule has 8 amide bonds. The first-order valence-corrected chi connectivity index (χ1v) is 34.5. The predicted octanol–water partition coefficient (Wildman–Crippen LogP) is 6.04. The van der Waals surface area contributed by atoms with Gasteiger partial charge in [-0.25, -0.2) is 0 Å². The number of nitrogens with two attached hydrogens (primary N) is 2. The first-order chi connectivity index (χ1) is 45.6. The van der Waals surface area contributed by atoms with E-state index in [0.29, 0.717) is 62.1 Å². The van der Waals surface area contributed by atoms with Crippen LogP contribution in [0.3, 0.4) is 0 Å². The van der Waals surface area contributed by atoms with Gasteiger partial charge in [0.1, 0.15) is 6.23 Å². The molecule has 4 aliphatic rings. The van der Waals surface area contributed by atoms with Gasteiger partial charge in [0.05, 0.1) is 44.3 Å². The number of amides is 8. The molecule has 94 heavy (non-hydrogen) atoms. The number of primary amides is 1. The maximum Gasteiger partial charge on any atom is 0.251 e. The maximum atomic E-state index is 14.9. The Hall–Kier alpha value is -8.37. The number of aryl methyl sites for hydroxylation is 1. The molecule has 2 bridgehead atoms. The molecule has 20 nitrogen and oxygen atoms in total. The number of fused-ring (bicyclic) bond motifs is 30. The van der Waals surface area contributed by atoms with Gasteiger partial charge in [-0.3, -0.25) is 43.3 Å². The van der Waals surface area contributed by atoms with Crippen LogP contribution in [0.25, 0.3) is 10.9 Å². The number of rotatable bonds is 20. The normalized spacial score (nSPS) is 20.5. The van der Waals surface area contributed by atoms with E-state index in [1.165, 1.54) is 26.5 Å². The van der Waals surface area contributed by atoms with Gasteiger partial charge in [-0.05, 0) is 135 Å². The van der Waals surface area contributed by atoms with Crippen molar-refractivity contribution in [3.05, 3.63) is 179 Å². The maximum absolute atomic E-state index is 14.9. The van der Waals surface area contributed by atoms with Gasteiger partial charge < -0.3 is 57.5 Å². The SMILES string of the molecule is NCCCC[C@H]1CN(C(O)CCc2ccccc2)CC(=O)N[C@@H](Cc2ccccc2)CN(CC(N)=O)C(=O)CCSCc2ccc(cc2)C(=O)N[C@@H](Cc2ccccc2)CN(C(=O)CC2CC2)CC(=O)N[C@@H](Cc2c[nH]c3ccccc23)CN(C(=O)CC2CC2)CC(=O)N1. The highest BCUT2D eigenvalue weighted by atomic mass is 32.2. The number of aliphatic hydroxyl groups excluding tert-OH is 1. The molecule has 3 heterocycles. The molecular weight excluding hydrogens is 1210 g/mol. The summed E-state index contributed by atoms with van der Waals surface area (Å²) in [5.41, 5.74) is 17.7. The van der Waals surface area contributed by atoms with Crippen molar-refractivity contribution >= 4 is 69.9 Å². The number of nitrogens with zero attached hydrogens (tertiary/aromatic N) is 4. The quantitative estimate of drug-likeness (QED) is 0.0321. The largest absolute Gasteiger partial charge is 0.378 e. The van der Waals surface area contributed by atoms with E-state index in [0.717, 1.165) is 64.4 Å². The van der Waals surface area contributed by atoms with Crippen LogP contribution in [0.2, 0.25) is 0 Å². The van der Waals surface area contributed by atoms with E-state index in [1.807, 2.05) is 134 Å². The molecule has 500 valence electrons. The van der Waals surface area contributed by atoms with Crippen molar-refractivity contribution in [2.45, 2.75) is 132 Å². The minimum Gasteiger partial charge on any atom is -0.378 e. The molecule has 6 aromatic rings. The van der Waals surface area contributed by atoms with Crippen LogP contribution >= 0.6 is 11.8 Å². The Balaban J connectivity index is 1.05. The zero-order valence-electron chi connectivity index (χ0n) is 53.8. The number of carbonyl (C=O) groups excluding carboxylic acids is 8. The number of nitrogens with one attached hydrogen (secondary N) is 5. The highest BCUT2D eigenvalue weighted by Gasteiger charge is 2.34. The van der Waals surface area contributed by atoms with Gasteiger partial charge in [-0.2, -0.15) is 11.8 Å². The van der Waals surface area contributed by atoms with Crippen LogP contribution in [0.15, 0.2) is 146 Å². The lowest BCUT2D eigenvalue weighted by molar-refractivity contribution is -0.138. The van der Waals surface area contributed by atoms with Gasteiger partial charge in [0.25, 0.3) is 5.91 Å². The average Bonchev–Trinajstić information content (AvgIpc) is 2.01. The molecule has 2 saturated carbocycles. The number of thioether (sulfide) groups is 1. The van der Waals surface area contributed by atoms with Crippen LogP contribution in [0, 0.1) is 11.8 Å². The van der Waals surface area contributed by atoms with E-state index < -0.39 is 54.0 Å². The van der Waals surface area contributed by atoms with E-state index in [4.69, 9.17) is 11.5 Å². The van der Waals surface area contributed by atoms with Gasteiger partial charge in [0.2, 0.25) is 41.4 Å². The molecule has 2 aliphatic carbocycles. The second kappa shape index (κ2) is 35.8. The fraction of sp³-hybridized carbons (Fsp3) is 0.452. The highest BCUT2D eigenvalue weighted by molar-refractivity contribution is 7.98. The minimum atomic E-state index is -1.17. The number of aromatic nitrogens is 1. The summed E-state index contributed by atoms with van der Waals surface area (Å²) >= 11 is 1.51. The first-order valence-electron chi connectivity index (χ1n) is 33.4. The molecule has 21 heteroatoms. The Morgan fingerprint density at radius 1 is 0.585 bits per heavy atom. The number of aromatic amines is 1. The second-order valence-electron chi connectivity index (χ2n) is 25.7. The van der Waals surface area contributed by atoms with E-state index >= 15 is 0 Å². The molecule has 5 atom stereocenters. The molecule has 0 saturated heterocycles. The molecule has 5 aromatic carbocycles. The van der Waals surface area contributed by atoms with Crippen molar-refractivity contribution in [2.24, 2.45) is 23.3 Å². The summed E-state index contributed by atoms with van der Waals surface area (Å²) in [5, 5.41) is 25.9. The molecule has 2 aliphatic heterocycles. The Labute approximate surface area is 556 Å². The topological polar surface area (TPSA) is 286 Å². The van der Waals surface area contributed by atoms with Crippen molar-refractivity contribution in [1.82, 2.24) is 45.9 Å². The number of hydrogen-bond acceptors (Lipinski definition) is 12. The summed E-state index contributed by atoms with van der Waals surface area (Å²) in [6.07, 6.45) is 8.05. The summed E-state index contributed by atoms with van der Waals surface area (Å²) in [5.74, 6) is -2.04. The van der Waals surface area contributed by atoms with Crippen molar-refractivity contribution < 1.29 is 43.5 Å². The number of hydrogen-bond donors (Lipinski definition) is 8. The fourth-order valence-corrected chi connectivity index (χ4v) is 13.2. The number of aliphatic hydroxyl groups is 1. The average molecular weight is 1300 g/mol. The molecule has 1 unspecified atom stereocenters. The summed E-state index contributed by atoms with van der Waals surface area (Å²) in [6.45, 7) is -1.06. The Morgan fingerprint density at radius 3 is 1.69 bits per heavy atom. The van der Waals surface area contributed by atoms with Gasteiger partial charge in [-0.1, -0.05) is 128 Å². The first kappa shape index (κ1) is 70.0. The third kappa shape index (κ3) is 23.3. The zero-order valence-corrected chi connectivity index (χ0v) is 54.7. The molecule has 10 rings (SSSR count). The van der Waals surface area contributed by atoms with Gasteiger partial charge in [0.15, 0.2) is 0 Å². The van der Waals surface area contributed by atoms with Gasteiger partial charge >= 0.3 is 0 Å². The second-order valence-corrected chi connectivity index (χ2v) is 26.8. The molecule has 10 N–H and O–H groups in total. The lowest BCUT2D eigenvalue weighted by Crippen LogP contribution is -2.55. The van der Waals surface area contributed by atoms with Crippen LogP contribution in [0.5, 0.6) is 0 Å². The summed E-state index contributed by atoms with van der Waals surface area (Å²) in [6, 6.07) is 41.1. The molecule has 1 aromatic heterocycles. The number of unbranched alkanes of at least 4 members (excludes halogenated alkanes) is 1. The Morgan fingerprint density at radius 2 is 1.12 bits per heavy atom. The number of benzene rings is 5. The lowest BCUT2D eigenvalue weighted by atomic mass is 10.0. The smallest absolute Gasteiger partial charge is 0.251 e. The van der Waals surface area contributed by atoms with Crippen LogP contribution in [0.1, 0.15) is 109 Å². The standard InChI is InChI=1S/C73H93N11O9S/c74-34-13-12-20-59-42-82(69(89)32-29-51-14-4-1-5-15-51)47-67(87)78-60(36-52-16-6-2-7-17-52)43-81(46-65(75)85)70(90)33-35-94-50-56-27-30-57(31-28-56)73(93)80-61(37-53-18-8-3-9-19-53)44-83(71(91)38-54-23-24-54)49-68(88)79-62(40-58-41-76-64-22-11-10-21-63(58)64)45-84(48-66(86)77-59)72(92)39-55-25-26-55/h1-11,14-19,21-22,27-28,30-31,41,54-55,59-62,69,76,89H,12-13,20,23-26,29,32-40,42-50,74H2,(H2,75,85)(H,77,86)(H,78,87)(H,79,88)(H,80,93)/t59-,60-,61-,62-,69?/m0/s1. The van der Waals surface area contributed by atoms with Crippen LogP contribution in [-0.2, 0) is 65.0 Å².